The molecule has 1 aliphatic heterocycles. The molecule has 1 heterocycles. The van der Waals surface area contributed by atoms with Crippen molar-refractivity contribution >= 4 is 11.6 Å². The lowest BCUT2D eigenvalue weighted by molar-refractivity contribution is -0.117. The van der Waals surface area contributed by atoms with Crippen LogP contribution < -0.4 is 19.7 Å². The number of benzene rings is 1. The average Bonchev–Trinajstić information content (AvgIpc) is 2.43. The molecule has 0 saturated carbocycles. The first kappa shape index (κ1) is 13.7. The van der Waals surface area contributed by atoms with E-state index < -0.39 is 0 Å². The standard InChI is InChI=1S/C14H20N2O3/c1-4-15-9-14(17)16(3)11-8-13-12(7-10(11)2)18-5-6-19-13/h7-8,15H,4-6,9H2,1-3H3. The molecule has 0 atom stereocenters. The zero-order valence-corrected chi connectivity index (χ0v) is 11.7. The molecule has 0 spiro atoms. The number of carbonyl (C=O) groups is 1. The third kappa shape index (κ3) is 2.98. The number of nitrogens with zero attached hydrogens (tertiary/aromatic N) is 1. The highest BCUT2D eigenvalue weighted by Gasteiger charge is 2.18. The van der Waals surface area contributed by atoms with E-state index in [9.17, 15) is 4.79 Å². The highest BCUT2D eigenvalue weighted by molar-refractivity contribution is 5.95. The van der Waals surface area contributed by atoms with Crippen molar-refractivity contribution in [2.75, 3.05) is 38.3 Å². The van der Waals surface area contributed by atoms with Crippen molar-refractivity contribution in [2.24, 2.45) is 0 Å². The number of rotatable bonds is 4. The van der Waals surface area contributed by atoms with E-state index in [1.165, 1.54) is 0 Å². The molecular weight excluding hydrogens is 244 g/mol. The molecule has 5 nitrogen and oxygen atoms in total. The molecule has 2 rings (SSSR count). The molecule has 1 aliphatic rings. The van der Waals surface area contributed by atoms with Gasteiger partial charge in [0.15, 0.2) is 11.5 Å². The van der Waals surface area contributed by atoms with E-state index in [1.807, 2.05) is 26.0 Å². The molecule has 1 amide bonds. The molecule has 0 unspecified atom stereocenters. The lowest BCUT2D eigenvalue weighted by Gasteiger charge is -2.24. The minimum Gasteiger partial charge on any atom is -0.486 e. The second-order valence-corrected chi connectivity index (χ2v) is 4.52. The summed E-state index contributed by atoms with van der Waals surface area (Å²) in [5.41, 5.74) is 1.85. The summed E-state index contributed by atoms with van der Waals surface area (Å²) in [6, 6.07) is 3.79. The maximum atomic E-state index is 12.0. The number of hydrogen-bond acceptors (Lipinski definition) is 4. The molecule has 0 bridgehead atoms. The highest BCUT2D eigenvalue weighted by atomic mass is 16.6. The van der Waals surface area contributed by atoms with Crippen LogP contribution in [-0.4, -0.2) is 39.3 Å². The quantitative estimate of drug-likeness (QED) is 0.891. The SMILES string of the molecule is CCNCC(=O)N(C)c1cc2c(cc1C)OCCO2. The van der Waals surface area contributed by atoms with Crippen LogP contribution >= 0.6 is 0 Å². The van der Waals surface area contributed by atoms with Crippen molar-refractivity contribution in [3.8, 4) is 11.5 Å². The Hall–Kier alpha value is -1.75. The van der Waals surface area contributed by atoms with E-state index in [1.54, 1.807) is 11.9 Å². The van der Waals surface area contributed by atoms with Gasteiger partial charge in [0.2, 0.25) is 5.91 Å². The third-order valence-corrected chi connectivity index (χ3v) is 3.12. The zero-order chi connectivity index (χ0) is 13.8. The largest absolute Gasteiger partial charge is 0.486 e. The van der Waals surface area contributed by atoms with Gasteiger partial charge in [-0.15, -0.1) is 0 Å². The van der Waals surface area contributed by atoms with E-state index in [0.29, 0.717) is 25.5 Å². The lowest BCUT2D eigenvalue weighted by Crippen LogP contribution is -2.35. The predicted octanol–water partition coefficient (Wildman–Crippen LogP) is 1.34. The summed E-state index contributed by atoms with van der Waals surface area (Å²) in [6.45, 7) is 6.17. The fourth-order valence-corrected chi connectivity index (χ4v) is 2.03. The van der Waals surface area contributed by atoms with Crippen molar-refractivity contribution in [1.29, 1.82) is 0 Å². The van der Waals surface area contributed by atoms with Crippen molar-refractivity contribution in [2.45, 2.75) is 13.8 Å². The van der Waals surface area contributed by atoms with Crippen molar-refractivity contribution in [3.63, 3.8) is 0 Å². The molecule has 1 aromatic rings. The monoisotopic (exact) mass is 264 g/mol. The van der Waals surface area contributed by atoms with E-state index in [-0.39, 0.29) is 5.91 Å². The van der Waals surface area contributed by atoms with Gasteiger partial charge >= 0.3 is 0 Å². The van der Waals surface area contributed by atoms with Crippen LogP contribution in [0.5, 0.6) is 11.5 Å². The molecule has 0 radical (unpaired) electrons. The number of carbonyl (C=O) groups excluding carboxylic acids is 1. The molecule has 0 aromatic heterocycles. The summed E-state index contributed by atoms with van der Waals surface area (Å²) in [6.07, 6.45) is 0. The number of ether oxygens (including phenoxy) is 2. The highest BCUT2D eigenvalue weighted by Crippen LogP contribution is 2.36. The molecule has 0 saturated heterocycles. The van der Waals surface area contributed by atoms with Crippen LogP contribution in [0.15, 0.2) is 12.1 Å². The predicted molar refractivity (Wildman–Crippen MR) is 74.1 cm³/mol. The molecule has 0 fully saturated rings. The number of hydrogen-bond donors (Lipinski definition) is 1. The van der Waals surface area contributed by atoms with E-state index in [4.69, 9.17) is 9.47 Å². The Morgan fingerprint density at radius 3 is 2.58 bits per heavy atom. The fraction of sp³-hybridized carbons (Fsp3) is 0.500. The maximum Gasteiger partial charge on any atom is 0.240 e. The lowest BCUT2D eigenvalue weighted by atomic mass is 10.1. The van der Waals surface area contributed by atoms with Gasteiger partial charge < -0.3 is 19.7 Å². The molecular formula is C14H20N2O3. The molecule has 104 valence electrons. The van der Waals surface area contributed by atoms with Crippen LogP contribution in [0.1, 0.15) is 12.5 Å². The Morgan fingerprint density at radius 1 is 1.32 bits per heavy atom. The van der Waals surface area contributed by atoms with Gasteiger partial charge in [-0.1, -0.05) is 6.92 Å². The van der Waals surface area contributed by atoms with Gasteiger partial charge in [-0.2, -0.15) is 0 Å². The van der Waals surface area contributed by atoms with Gasteiger partial charge in [-0.3, -0.25) is 4.79 Å². The molecule has 1 aromatic carbocycles. The van der Waals surface area contributed by atoms with Gasteiger partial charge in [-0.25, -0.2) is 0 Å². The molecule has 5 heteroatoms. The first-order chi connectivity index (χ1) is 9.13. The summed E-state index contributed by atoms with van der Waals surface area (Å²) in [7, 11) is 1.78. The van der Waals surface area contributed by atoms with Gasteiger partial charge in [0.1, 0.15) is 13.2 Å². The van der Waals surface area contributed by atoms with Gasteiger partial charge in [-0.05, 0) is 25.1 Å². The second-order valence-electron chi connectivity index (χ2n) is 4.52. The van der Waals surface area contributed by atoms with Crippen LogP contribution in [-0.2, 0) is 4.79 Å². The van der Waals surface area contributed by atoms with Crippen molar-refractivity contribution in [3.05, 3.63) is 17.7 Å². The Balaban J connectivity index is 2.21. The van der Waals surface area contributed by atoms with Crippen LogP contribution in [0.3, 0.4) is 0 Å². The first-order valence-corrected chi connectivity index (χ1v) is 6.51. The molecule has 1 N–H and O–H groups in total. The molecule has 19 heavy (non-hydrogen) atoms. The van der Waals surface area contributed by atoms with Crippen molar-refractivity contribution < 1.29 is 14.3 Å². The van der Waals surface area contributed by atoms with Gasteiger partial charge in [0.05, 0.1) is 12.2 Å². The Labute approximate surface area is 113 Å². The number of amides is 1. The average molecular weight is 264 g/mol. The number of nitrogens with one attached hydrogen (secondary N) is 1. The first-order valence-electron chi connectivity index (χ1n) is 6.51. The second kappa shape index (κ2) is 5.93. The van der Waals surface area contributed by atoms with Gasteiger partial charge in [0.25, 0.3) is 0 Å². The number of anilines is 1. The topological polar surface area (TPSA) is 50.8 Å². The Bertz CT molecular complexity index is 474. The molecule has 0 aliphatic carbocycles. The summed E-state index contributed by atoms with van der Waals surface area (Å²) in [4.78, 5) is 13.7. The summed E-state index contributed by atoms with van der Waals surface area (Å²) in [5.74, 6) is 1.48. The minimum absolute atomic E-state index is 0.0293. The number of fused-ring (bicyclic) bond motifs is 1. The zero-order valence-electron chi connectivity index (χ0n) is 11.7. The summed E-state index contributed by atoms with van der Waals surface area (Å²) >= 11 is 0. The van der Waals surface area contributed by atoms with E-state index >= 15 is 0 Å². The van der Waals surface area contributed by atoms with E-state index in [2.05, 4.69) is 5.32 Å². The maximum absolute atomic E-state index is 12.0. The Kier molecular flexibility index (Phi) is 4.27. The fourth-order valence-electron chi connectivity index (χ4n) is 2.03. The normalized spacial score (nSPS) is 13.2. The Morgan fingerprint density at radius 2 is 1.95 bits per heavy atom. The number of aryl methyl sites for hydroxylation is 1. The smallest absolute Gasteiger partial charge is 0.240 e. The van der Waals surface area contributed by atoms with Gasteiger partial charge in [0, 0.05) is 13.1 Å². The summed E-state index contributed by atoms with van der Waals surface area (Å²) in [5, 5.41) is 3.03. The van der Waals surface area contributed by atoms with Crippen LogP contribution in [0, 0.1) is 6.92 Å². The van der Waals surface area contributed by atoms with Crippen molar-refractivity contribution in [1.82, 2.24) is 5.32 Å². The van der Waals surface area contributed by atoms with Crippen LogP contribution in [0.4, 0.5) is 5.69 Å². The van der Waals surface area contributed by atoms with Crippen LogP contribution in [0.2, 0.25) is 0 Å². The minimum atomic E-state index is 0.0293. The third-order valence-electron chi connectivity index (χ3n) is 3.12. The summed E-state index contributed by atoms with van der Waals surface area (Å²) < 4.78 is 11.1. The van der Waals surface area contributed by atoms with Crippen LogP contribution in [0.25, 0.3) is 0 Å². The van der Waals surface area contributed by atoms with E-state index in [0.717, 1.165) is 23.5 Å². The number of likely N-dealkylation sites (N-methyl/N-ethyl adjacent to an activating group) is 2.